The number of aliphatic hydroxyl groups excluding tert-OH is 1. The average molecular weight is 172 g/mol. The second-order valence-electron chi connectivity index (χ2n) is 3.70. The van der Waals surface area contributed by atoms with Crippen LogP contribution in [0.15, 0.2) is 0 Å². The Morgan fingerprint density at radius 1 is 1.25 bits per heavy atom. The number of hydrogen-bond donors (Lipinski definition) is 1. The highest BCUT2D eigenvalue weighted by molar-refractivity contribution is 4.81. The summed E-state index contributed by atoms with van der Waals surface area (Å²) in [5.74, 6) is -0.314. The Hall–Kier alpha value is -0.120. The van der Waals surface area contributed by atoms with Gasteiger partial charge in [0.05, 0.1) is 13.2 Å². The van der Waals surface area contributed by atoms with Crippen LogP contribution in [0.1, 0.15) is 32.1 Å². The van der Waals surface area contributed by atoms with Crippen molar-refractivity contribution in [2.45, 2.75) is 44.0 Å². The molecular weight excluding hydrogens is 156 g/mol. The molecule has 0 bridgehead atoms. The van der Waals surface area contributed by atoms with Gasteiger partial charge in [-0.1, -0.05) is 6.42 Å². The number of rotatable bonds is 1. The van der Waals surface area contributed by atoms with Gasteiger partial charge in [-0.25, -0.2) is 0 Å². The third kappa shape index (κ3) is 1.49. The lowest BCUT2D eigenvalue weighted by molar-refractivity contribution is -0.189. The Labute approximate surface area is 72.7 Å². The molecule has 1 saturated heterocycles. The quantitative estimate of drug-likeness (QED) is 0.642. The molecule has 2 fully saturated rings. The Kier molecular flexibility index (Phi) is 2.35. The fraction of sp³-hybridized carbons (Fsp3) is 1.00. The van der Waals surface area contributed by atoms with Crippen molar-refractivity contribution in [3.63, 3.8) is 0 Å². The molecule has 0 aromatic heterocycles. The first-order chi connectivity index (χ1) is 5.85. The van der Waals surface area contributed by atoms with Gasteiger partial charge in [-0.3, -0.25) is 0 Å². The van der Waals surface area contributed by atoms with E-state index in [0.717, 1.165) is 12.8 Å². The minimum Gasteiger partial charge on any atom is -0.394 e. The molecule has 1 unspecified atom stereocenters. The fourth-order valence-corrected chi connectivity index (χ4v) is 2.06. The molecule has 1 aliphatic heterocycles. The molecule has 1 spiro atoms. The van der Waals surface area contributed by atoms with Crippen molar-refractivity contribution in [3.8, 4) is 0 Å². The largest absolute Gasteiger partial charge is 0.394 e. The maximum atomic E-state index is 8.88. The summed E-state index contributed by atoms with van der Waals surface area (Å²) < 4.78 is 11.3. The van der Waals surface area contributed by atoms with E-state index in [1.807, 2.05) is 0 Å². The van der Waals surface area contributed by atoms with Gasteiger partial charge in [0.2, 0.25) is 0 Å². The van der Waals surface area contributed by atoms with Crippen LogP contribution in [0.2, 0.25) is 0 Å². The molecule has 0 aromatic carbocycles. The van der Waals surface area contributed by atoms with Gasteiger partial charge in [0.15, 0.2) is 5.79 Å². The third-order valence-electron chi connectivity index (χ3n) is 2.73. The summed E-state index contributed by atoms with van der Waals surface area (Å²) in [6.45, 7) is 0.651. The zero-order valence-corrected chi connectivity index (χ0v) is 7.29. The zero-order valence-electron chi connectivity index (χ0n) is 7.29. The molecule has 70 valence electrons. The van der Waals surface area contributed by atoms with E-state index >= 15 is 0 Å². The molecule has 3 heteroatoms. The molecule has 1 aliphatic carbocycles. The summed E-state index contributed by atoms with van der Waals surface area (Å²) in [5.41, 5.74) is 0. The maximum Gasteiger partial charge on any atom is 0.169 e. The predicted molar refractivity (Wildman–Crippen MR) is 43.7 cm³/mol. The topological polar surface area (TPSA) is 38.7 Å². The maximum absolute atomic E-state index is 8.88. The summed E-state index contributed by atoms with van der Waals surface area (Å²) in [6, 6.07) is 0. The Morgan fingerprint density at radius 2 is 2.00 bits per heavy atom. The van der Waals surface area contributed by atoms with Crippen molar-refractivity contribution < 1.29 is 14.6 Å². The van der Waals surface area contributed by atoms with Crippen molar-refractivity contribution in [3.05, 3.63) is 0 Å². The van der Waals surface area contributed by atoms with E-state index in [9.17, 15) is 0 Å². The van der Waals surface area contributed by atoms with Crippen molar-refractivity contribution in [1.29, 1.82) is 0 Å². The summed E-state index contributed by atoms with van der Waals surface area (Å²) in [5, 5.41) is 8.88. The van der Waals surface area contributed by atoms with Crippen LogP contribution in [0.3, 0.4) is 0 Å². The van der Waals surface area contributed by atoms with Gasteiger partial charge < -0.3 is 14.6 Å². The highest BCUT2D eigenvalue weighted by Gasteiger charge is 2.41. The van der Waals surface area contributed by atoms with E-state index in [1.165, 1.54) is 19.3 Å². The van der Waals surface area contributed by atoms with Gasteiger partial charge in [-0.2, -0.15) is 0 Å². The van der Waals surface area contributed by atoms with Crippen LogP contribution in [0.4, 0.5) is 0 Å². The van der Waals surface area contributed by atoms with Gasteiger partial charge in [-0.15, -0.1) is 0 Å². The zero-order chi connectivity index (χ0) is 8.44. The van der Waals surface area contributed by atoms with E-state index in [1.54, 1.807) is 0 Å². The Balaban J connectivity index is 1.94. The number of hydrogen-bond acceptors (Lipinski definition) is 3. The fourth-order valence-electron chi connectivity index (χ4n) is 2.06. The van der Waals surface area contributed by atoms with E-state index < -0.39 is 0 Å². The average Bonchev–Trinajstić information content (AvgIpc) is 2.50. The Morgan fingerprint density at radius 3 is 2.58 bits per heavy atom. The van der Waals surface area contributed by atoms with Crippen LogP contribution in [-0.2, 0) is 9.47 Å². The summed E-state index contributed by atoms with van der Waals surface area (Å²) in [7, 11) is 0. The standard InChI is InChI=1S/C9H16O3/c10-6-8-7-11-9(12-8)4-2-1-3-5-9/h8,10H,1-7H2. The van der Waals surface area contributed by atoms with Crippen molar-refractivity contribution in [1.82, 2.24) is 0 Å². The van der Waals surface area contributed by atoms with Crippen molar-refractivity contribution in [2.24, 2.45) is 0 Å². The van der Waals surface area contributed by atoms with Crippen LogP contribution in [0, 0.1) is 0 Å². The summed E-state index contributed by atoms with van der Waals surface area (Å²) >= 11 is 0. The van der Waals surface area contributed by atoms with Crippen LogP contribution >= 0.6 is 0 Å². The van der Waals surface area contributed by atoms with E-state index in [-0.39, 0.29) is 18.5 Å². The first-order valence-corrected chi connectivity index (χ1v) is 4.77. The van der Waals surface area contributed by atoms with Gasteiger partial charge in [0.25, 0.3) is 0 Å². The molecular formula is C9H16O3. The van der Waals surface area contributed by atoms with Gasteiger partial charge in [0, 0.05) is 12.8 Å². The lowest BCUT2D eigenvalue weighted by Gasteiger charge is -2.31. The molecule has 1 N–H and O–H groups in total. The smallest absolute Gasteiger partial charge is 0.169 e. The SMILES string of the molecule is OCC1COC2(CCCCC2)O1. The highest BCUT2D eigenvalue weighted by Crippen LogP contribution is 2.37. The third-order valence-corrected chi connectivity index (χ3v) is 2.73. The second kappa shape index (κ2) is 3.32. The lowest BCUT2D eigenvalue weighted by atomic mass is 9.94. The van der Waals surface area contributed by atoms with E-state index in [2.05, 4.69) is 0 Å². The van der Waals surface area contributed by atoms with Gasteiger partial charge in [-0.05, 0) is 12.8 Å². The van der Waals surface area contributed by atoms with Crippen LogP contribution in [-0.4, -0.2) is 30.2 Å². The monoisotopic (exact) mass is 172 g/mol. The summed E-state index contributed by atoms with van der Waals surface area (Å²) in [4.78, 5) is 0. The lowest BCUT2D eigenvalue weighted by Crippen LogP contribution is -2.33. The molecule has 2 aliphatic rings. The number of ether oxygens (including phenoxy) is 2. The van der Waals surface area contributed by atoms with Gasteiger partial charge >= 0.3 is 0 Å². The van der Waals surface area contributed by atoms with E-state index in [0.29, 0.717) is 6.61 Å². The van der Waals surface area contributed by atoms with Crippen molar-refractivity contribution >= 4 is 0 Å². The molecule has 12 heavy (non-hydrogen) atoms. The Bertz CT molecular complexity index is 152. The first kappa shape index (κ1) is 8.48. The van der Waals surface area contributed by atoms with E-state index in [4.69, 9.17) is 14.6 Å². The molecule has 1 saturated carbocycles. The molecule has 0 radical (unpaired) electrons. The van der Waals surface area contributed by atoms with Crippen LogP contribution < -0.4 is 0 Å². The molecule has 3 nitrogen and oxygen atoms in total. The molecule has 0 aromatic rings. The normalized spacial score (nSPS) is 34.2. The number of aliphatic hydroxyl groups is 1. The minimum atomic E-state index is -0.314. The predicted octanol–water partition coefficient (Wildman–Crippen LogP) is 1.05. The van der Waals surface area contributed by atoms with Crippen molar-refractivity contribution in [2.75, 3.05) is 13.2 Å². The molecule has 2 rings (SSSR count). The van der Waals surface area contributed by atoms with Crippen LogP contribution in [0.25, 0.3) is 0 Å². The molecule has 1 atom stereocenters. The highest BCUT2D eigenvalue weighted by atomic mass is 16.7. The van der Waals surface area contributed by atoms with Gasteiger partial charge in [0.1, 0.15) is 6.10 Å². The van der Waals surface area contributed by atoms with Crippen LogP contribution in [0.5, 0.6) is 0 Å². The second-order valence-corrected chi connectivity index (χ2v) is 3.70. The molecule has 0 amide bonds. The first-order valence-electron chi connectivity index (χ1n) is 4.77. The molecule has 1 heterocycles. The summed E-state index contributed by atoms with van der Waals surface area (Å²) in [6.07, 6.45) is 5.60. The minimum absolute atomic E-state index is 0.0805.